The average Bonchev–Trinajstić information content (AvgIpc) is 2.78. The highest BCUT2D eigenvalue weighted by Crippen LogP contribution is 2.40. The maximum Gasteiger partial charge on any atom is 0.312 e. The van der Waals surface area contributed by atoms with Crippen molar-refractivity contribution in [3.8, 4) is 11.5 Å². The first-order valence-corrected chi connectivity index (χ1v) is 9.81. The topological polar surface area (TPSA) is 68.4 Å². The van der Waals surface area contributed by atoms with Gasteiger partial charge in [0.1, 0.15) is 18.1 Å². The quantitative estimate of drug-likeness (QED) is 0.513. The number of H-pyrrole nitrogens is 1. The number of hydrogen-bond acceptors (Lipinski definition) is 4. The fourth-order valence-corrected chi connectivity index (χ4v) is 3.90. The minimum Gasteiger partial charge on any atom is -0.489 e. The van der Waals surface area contributed by atoms with E-state index < -0.39 is 0 Å². The summed E-state index contributed by atoms with van der Waals surface area (Å²) in [7, 11) is 0. The van der Waals surface area contributed by atoms with Crippen molar-refractivity contribution in [1.82, 2.24) is 4.98 Å². The molecule has 1 aliphatic rings. The molecule has 0 radical (unpaired) electrons. The molecule has 0 saturated heterocycles. The van der Waals surface area contributed by atoms with E-state index in [2.05, 4.69) is 4.98 Å². The van der Waals surface area contributed by atoms with E-state index in [1.807, 2.05) is 72.8 Å². The average molecular weight is 397 g/mol. The number of pyridine rings is 1. The number of ether oxygens (including phenoxy) is 2. The van der Waals surface area contributed by atoms with Crippen molar-refractivity contribution in [2.75, 3.05) is 0 Å². The number of hydrogen-bond donors (Lipinski definition) is 1. The van der Waals surface area contributed by atoms with Crippen LogP contribution in [0.3, 0.4) is 0 Å². The van der Waals surface area contributed by atoms with Gasteiger partial charge in [-0.1, -0.05) is 54.6 Å². The van der Waals surface area contributed by atoms with Crippen LogP contribution in [-0.2, 0) is 11.4 Å². The molecule has 0 aliphatic carbocycles. The minimum absolute atomic E-state index is 0.124. The highest BCUT2D eigenvalue weighted by molar-refractivity contribution is 5.91. The molecule has 0 fully saturated rings. The normalized spacial score (nSPS) is 15.5. The van der Waals surface area contributed by atoms with Gasteiger partial charge in [0.15, 0.2) is 0 Å². The Morgan fingerprint density at radius 3 is 2.43 bits per heavy atom. The first-order chi connectivity index (χ1) is 14.7. The summed E-state index contributed by atoms with van der Waals surface area (Å²) < 4.78 is 11.4. The number of aromatic amines is 1. The van der Waals surface area contributed by atoms with Gasteiger partial charge in [0.25, 0.3) is 5.56 Å². The molecule has 0 unspecified atom stereocenters. The van der Waals surface area contributed by atoms with Gasteiger partial charge in [-0.25, -0.2) is 0 Å². The first-order valence-electron chi connectivity index (χ1n) is 9.81. The van der Waals surface area contributed by atoms with Gasteiger partial charge in [0.2, 0.25) is 0 Å². The number of carbonyl (C=O) groups excluding carboxylic acids is 1. The van der Waals surface area contributed by atoms with Gasteiger partial charge in [-0.3, -0.25) is 9.59 Å². The summed E-state index contributed by atoms with van der Waals surface area (Å²) in [5.41, 5.74) is 2.88. The van der Waals surface area contributed by atoms with Crippen LogP contribution in [0.15, 0.2) is 83.7 Å². The van der Waals surface area contributed by atoms with Gasteiger partial charge in [-0.2, -0.15) is 0 Å². The molecule has 5 nitrogen and oxygen atoms in total. The van der Waals surface area contributed by atoms with Crippen LogP contribution in [0.2, 0.25) is 0 Å². The van der Waals surface area contributed by atoms with Crippen molar-refractivity contribution in [1.29, 1.82) is 0 Å². The molecule has 0 amide bonds. The summed E-state index contributed by atoms with van der Waals surface area (Å²) in [6.07, 6.45) is 0.124. The molecular weight excluding hydrogens is 378 g/mol. The Balaban J connectivity index is 1.47. The largest absolute Gasteiger partial charge is 0.489 e. The van der Waals surface area contributed by atoms with Crippen LogP contribution in [0.1, 0.15) is 29.0 Å². The molecule has 30 heavy (non-hydrogen) atoms. The standard InChI is InChI=1S/C25H19NO4/c27-22-14-20(23-24(30-22)19-8-4-5-9-21(19)26-25(23)28)17-10-12-18(13-11-17)29-15-16-6-2-1-3-7-16/h1-13,20H,14-15H2,(H,26,28)/t20-/m1/s1. The Hall–Kier alpha value is -3.86. The van der Waals surface area contributed by atoms with Crippen molar-refractivity contribution in [3.63, 3.8) is 0 Å². The predicted molar refractivity (Wildman–Crippen MR) is 114 cm³/mol. The Kier molecular flexibility index (Phi) is 4.56. The summed E-state index contributed by atoms with van der Waals surface area (Å²) >= 11 is 0. The number of rotatable bonds is 4. The second kappa shape index (κ2) is 7.52. The van der Waals surface area contributed by atoms with Crippen molar-refractivity contribution in [2.45, 2.75) is 18.9 Å². The zero-order valence-corrected chi connectivity index (χ0v) is 16.1. The van der Waals surface area contributed by atoms with Gasteiger partial charge in [-0.15, -0.1) is 0 Å². The van der Waals surface area contributed by atoms with E-state index in [1.54, 1.807) is 6.07 Å². The van der Waals surface area contributed by atoms with E-state index in [1.165, 1.54) is 0 Å². The Morgan fingerprint density at radius 1 is 0.900 bits per heavy atom. The van der Waals surface area contributed by atoms with Crippen LogP contribution in [-0.4, -0.2) is 11.0 Å². The molecule has 148 valence electrons. The summed E-state index contributed by atoms with van der Waals surface area (Å²) in [4.78, 5) is 28.1. The molecule has 5 heteroatoms. The number of benzene rings is 3. The van der Waals surface area contributed by atoms with E-state index >= 15 is 0 Å². The van der Waals surface area contributed by atoms with E-state index in [-0.39, 0.29) is 23.9 Å². The van der Waals surface area contributed by atoms with E-state index in [9.17, 15) is 9.59 Å². The first kappa shape index (κ1) is 18.2. The molecule has 1 aromatic heterocycles. The Labute approximate surface area is 172 Å². The smallest absolute Gasteiger partial charge is 0.312 e. The second-order valence-corrected chi connectivity index (χ2v) is 7.32. The van der Waals surface area contributed by atoms with Gasteiger partial charge in [0, 0.05) is 11.3 Å². The van der Waals surface area contributed by atoms with Crippen LogP contribution < -0.4 is 15.0 Å². The molecule has 1 N–H and O–H groups in total. The summed E-state index contributed by atoms with van der Waals surface area (Å²) in [6, 6.07) is 24.8. The van der Waals surface area contributed by atoms with Crippen LogP contribution in [0.5, 0.6) is 11.5 Å². The fourth-order valence-electron chi connectivity index (χ4n) is 3.90. The van der Waals surface area contributed by atoms with Crippen molar-refractivity contribution in [3.05, 3.63) is 106 Å². The molecule has 0 spiro atoms. The van der Waals surface area contributed by atoms with Crippen LogP contribution in [0, 0.1) is 0 Å². The van der Waals surface area contributed by atoms with Crippen LogP contribution in [0.4, 0.5) is 0 Å². The minimum atomic E-state index is -0.363. The number of para-hydroxylation sites is 1. The van der Waals surface area contributed by atoms with E-state index in [0.29, 0.717) is 23.4 Å². The van der Waals surface area contributed by atoms with Gasteiger partial charge in [-0.05, 0) is 35.4 Å². The van der Waals surface area contributed by atoms with Crippen molar-refractivity contribution < 1.29 is 14.3 Å². The summed E-state index contributed by atoms with van der Waals surface area (Å²) in [5.74, 6) is 0.388. The monoisotopic (exact) mass is 397 g/mol. The zero-order valence-electron chi connectivity index (χ0n) is 16.1. The Bertz CT molecular complexity index is 1280. The molecule has 4 aromatic rings. The molecule has 2 heterocycles. The fraction of sp³-hybridized carbons (Fsp3) is 0.120. The zero-order chi connectivity index (χ0) is 20.5. The number of aromatic nitrogens is 1. The molecule has 1 atom stereocenters. The molecule has 1 aliphatic heterocycles. The molecule has 0 saturated carbocycles. The third kappa shape index (κ3) is 3.35. The summed E-state index contributed by atoms with van der Waals surface area (Å²) in [6.45, 7) is 0.477. The van der Waals surface area contributed by atoms with Crippen molar-refractivity contribution in [2.24, 2.45) is 0 Å². The lowest BCUT2D eigenvalue weighted by Crippen LogP contribution is -2.28. The van der Waals surface area contributed by atoms with E-state index in [4.69, 9.17) is 9.47 Å². The third-order valence-corrected chi connectivity index (χ3v) is 5.38. The van der Waals surface area contributed by atoms with E-state index in [0.717, 1.165) is 22.3 Å². The van der Waals surface area contributed by atoms with Gasteiger partial charge >= 0.3 is 5.97 Å². The lowest BCUT2D eigenvalue weighted by molar-refractivity contribution is -0.135. The molecule has 3 aromatic carbocycles. The molecular formula is C25H19NO4. The van der Waals surface area contributed by atoms with Crippen molar-refractivity contribution >= 4 is 16.9 Å². The summed E-state index contributed by atoms with van der Waals surface area (Å²) in [5, 5.41) is 0.730. The van der Waals surface area contributed by atoms with Crippen LogP contribution in [0.25, 0.3) is 10.9 Å². The number of fused-ring (bicyclic) bond motifs is 3. The highest BCUT2D eigenvalue weighted by atomic mass is 16.5. The van der Waals surface area contributed by atoms with Gasteiger partial charge < -0.3 is 14.5 Å². The third-order valence-electron chi connectivity index (χ3n) is 5.38. The van der Waals surface area contributed by atoms with Crippen LogP contribution >= 0.6 is 0 Å². The second-order valence-electron chi connectivity index (χ2n) is 7.32. The lowest BCUT2D eigenvalue weighted by Gasteiger charge is -2.25. The lowest BCUT2D eigenvalue weighted by atomic mass is 9.86. The SMILES string of the molecule is O=C1C[C@H](c2ccc(OCc3ccccc3)cc2)c2c(c3ccccc3[nH]c2=O)O1. The molecule has 0 bridgehead atoms. The predicted octanol–water partition coefficient (Wildman–Crippen LogP) is 4.55. The Morgan fingerprint density at radius 2 is 1.63 bits per heavy atom. The number of carbonyl (C=O) groups is 1. The number of esters is 1. The highest BCUT2D eigenvalue weighted by Gasteiger charge is 2.32. The van der Waals surface area contributed by atoms with Gasteiger partial charge in [0.05, 0.1) is 17.5 Å². The maximum absolute atomic E-state index is 12.8. The maximum atomic E-state index is 12.8. The molecule has 5 rings (SSSR count). The number of nitrogens with one attached hydrogen (secondary N) is 1.